The predicted octanol–water partition coefficient (Wildman–Crippen LogP) is 4.53. The van der Waals surface area contributed by atoms with Crippen molar-refractivity contribution in [3.8, 4) is 11.5 Å². The fourth-order valence-corrected chi connectivity index (χ4v) is 3.98. The van der Waals surface area contributed by atoms with Crippen LogP contribution in [0.4, 0.5) is 0 Å². The van der Waals surface area contributed by atoms with E-state index in [1.165, 1.54) is 12.0 Å². The van der Waals surface area contributed by atoms with Gasteiger partial charge in [0.05, 0.1) is 26.9 Å². The topological polar surface area (TPSA) is 69.3 Å². The summed E-state index contributed by atoms with van der Waals surface area (Å²) in [7, 11) is 3.37. The summed E-state index contributed by atoms with van der Waals surface area (Å²) in [5, 5.41) is 3.09. The van der Waals surface area contributed by atoms with Gasteiger partial charge in [0, 0.05) is 52.2 Å². The largest absolute Gasteiger partial charge is 0.493 e. The SMILES string of the molecule is COCCCOc1cc(CCCCCC[C@@H](C)C(=O)NCCN2CCOCC2)ccc1OC.Cl.Cl. The highest BCUT2D eigenvalue weighted by atomic mass is 35.5. The van der Waals surface area contributed by atoms with Crippen molar-refractivity contribution in [2.45, 2.75) is 51.9 Å². The van der Waals surface area contributed by atoms with Crippen molar-refractivity contribution in [2.75, 3.05) is 66.8 Å². The maximum Gasteiger partial charge on any atom is 0.222 e. The summed E-state index contributed by atoms with van der Waals surface area (Å²) in [6.07, 6.45) is 7.38. The minimum absolute atomic E-state index is 0. The number of nitrogens with one attached hydrogen (secondary N) is 1. The van der Waals surface area contributed by atoms with Crippen molar-refractivity contribution >= 4 is 30.7 Å². The molecule has 0 bridgehead atoms. The van der Waals surface area contributed by atoms with Gasteiger partial charge in [0.15, 0.2) is 11.5 Å². The van der Waals surface area contributed by atoms with Crippen LogP contribution in [-0.2, 0) is 20.7 Å². The molecule has 7 nitrogen and oxygen atoms in total. The molecule has 0 spiro atoms. The van der Waals surface area contributed by atoms with Gasteiger partial charge < -0.3 is 24.3 Å². The third-order valence-electron chi connectivity index (χ3n) is 6.11. The number of hydrogen-bond acceptors (Lipinski definition) is 6. The lowest BCUT2D eigenvalue weighted by atomic mass is 10.00. The first kappa shape index (κ1) is 33.8. The monoisotopic (exact) mass is 536 g/mol. The lowest BCUT2D eigenvalue weighted by molar-refractivity contribution is -0.124. The lowest BCUT2D eigenvalue weighted by Crippen LogP contribution is -2.42. The first-order valence-corrected chi connectivity index (χ1v) is 12.5. The summed E-state index contributed by atoms with van der Waals surface area (Å²) in [5.74, 6) is 1.83. The average Bonchev–Trinajstić information content (AvgIpc) is 2.84. The van der Waals surface area contributed by atoms with Crippen LogP contribution in [0.25, 0.3) is 0 Å². The molecular formula is C26H46Cl2N2O5. The van der Waals surface area contributed by atoms with Crippen LogP contribution < -0.4 is 14.8 Å². The molecule has 35 heavy (non-hydrogen) atoms. The molecule has 0 radical (unpaired) electrons. The molecule has 204 valence electrons. The van der Waals surface area contributed by atoms with E-state index >= 15 is 0 Å². The highest BCUT2D eigenvalue weighted by Crippen LogP contribution is 2.29. The zero-order chi connectivity index (χ0) is 23.7. The maximum atomic E-state index is 12.3. The Morgan fingerprint density at radius 1 is 1.03 bits per heavy atom. The zero-order valence-electron chi connectivity index (χ0n) is 21.7. The summed E-state index contributed by atoms with van der Waals surface area (Å²) in [6, 6.07) is 6.19. The van der Waals surface area contributed by atoms with Crippen LogP contribution >= 0.6 is 24.8 Å². The quantitative estimate of drug-likeness (QED) is 0.295. The fourth-order valence-electron chi connectivity index (χ4n) is 3.98. The van der Waals surface area contributed by atoms with Gasteiger partial charge in [0.2, 0.25) is 5.91 Å². The summed E-state index contributed by atoms with van der Waals surface area (Å²) in [5.41, 5.74) is 1.27. The second kappa shape index (κ2) is 20.9. The molecule has 9 heteroatoms. The van der Waals surface area contributed by atoms with Crippen molar-refractivity contribution in [3.05, 3.63) is 23.8 Å². The van der Waals surface area contributed by atoms with Gasteiger partial charge in [0.25, 0.3) is 0 Å². The Kier molecular flexibility index (Phi) is 20.1. The van der Waals surface area contributed by atoms with Gasteiger partial charge in [-0.1, -0.05) is 32.3 Å². The van der Waals surface area contributed by atoms with Gasteiger partial charge in [-0.15, -0.1) is 24.8 Å². The molecule has 1 saturated heterocycles. The van der Waals surface area contributed by atoms with E-state index in [2.05, 4.69) is 22.3 Å². The molecule has 0 saturated carbocycles. The van der Waals surface area contributed by atoms with Crippen LogP contribution in [-0.4, -0.2) is 77.6 Å². The van der Waals surface area contributed by atoms with Crippen LogP contribution in [0.15, 0.2) is 18.2 Å². The summed E-state index contributed by atoms with van der Waals surface area (Å²) < 4.78 is 21.7. The van der Waals surface area contributed by atoms with Gasteiger partial charge in [-0.25, -0.2) is 0 Å². The molecule has 2 rings (SSSR count). The standard InChI is InChI=1S/C26H44N2O5.2ClH/c1-22(26(29)27-13-14-28-15-19-32-20-16-28)9-6-4-5-7-10-23-11-12-24(31-3)25(21-23)33-18-8-17-30-2;;/h11-12,21-22H,4-10,13-20H2,1-3H3,(H,27,29);2*1H/t22-;;/m1../s1. The number of nitrogens with zero attached hydrogens (tertiary/aromatic N) is 1. The average molecular weight is 538 g/mol. The number of ether oxygens (including phenoxy) is 4. The number of carbonyl (C=O) groups is 1. The Hall–Kier alpha value is -1.25. The third kappa shape index (κ3) is 14.2. The Morgan fingerprint density at radius 3 is 2.49 bits per heavy atom. The Balaban J connectivity index is 0.00000578. The highest BCUT2D eigenvalue weighted by Gasteiger charge is 2.14. The van der Waals surface area contributed by atoms with E-state index in [1.54, 1.807) is 14.2 Å². The number of methoxy groups -OCH3 is 2. The van der Waals surface area contributed by atoms with E-state index in [9.17, 15) is 4.79 Å². The number of hydrogen-bond donors (Lipinski definition) is 1. The number of halogens is 2. The minimum Gasteiger partial charge on any atom is -0.493 e. The number of rotatable bonds is 17. The smallest absolute Gasteiger partial charge is 0.222 e. The zero-order valence-corrected chi connectivity index (χ0v) is 23.4. The number of benzene rings is 1. The van der Waals surface area contributed by atoms with Crippen molar-refractivity contribution in [1.29, 1.82) is 0 Å². The van der Waals surface area contributed by atoms with Crippen molar-refractivity contribution in [3.63, 3.8) is 0 Å². The number of carbonyl (C=O) groups excluding carboxylic acids is 1. The first-order chi connectivity index (χ1) is 16.1. The van der Waals surface area contributed by atoms with E-state index in [0.717, 1.165) is 89.4 Å². The predicted molar refractivity (Wildman–Crippen MR) is 146 cm³/mol. The molecule has 1 heterocycles. The Labute approximate surface area is 224 Å². The molecule has 1 fully saturated rings. The maximum absolute atomic E-state index is 12.3. The summed E-state index contributed by atoms with van der Waals surface area (Å²) >= 11 is 0. The second-order valence-corrected chi connectivity index (χ2v) is 8.78. The normalized spacial score (nSPS) is 14.4. The molecule has 0 aliphatic carbocycles. The highest BCUT2D eigenvalue weighted by molar-refractivity contribution is 5.85. The number of amides is 1. The molecule has 1 N–H and O–H groups in total. The van der Waals surface area contributed by atoms with Gasteiger partial charge in [0.1, 0.15) is 0 Å². The van der Waals surface area contributed by atoms with Gasteiger partial charge in [-0.05, 0) is 37.0 Å². The van der Waals surface area contributed by atoms with Crippen molar-refractivity contribution in [1.82, 2.24) is 10.2 Å². The van der Waals surface area contributed by atoms with Gasteiger partial charge in [-0.2, -0.15) is 0 Å². The van der Waals surface area contributed by atoms with E-state index in [-0.39, 0.29) is 36.6 Å². The lowest BCUT2D eigenvalue weighted by Gasteiger charge is -2.26. The van der Waals surface area contributed by atoms with Crippen LogP contribution in [0.3, 0.4) is 0 Å². The number of aryl methyl sites for hydroxylation is 1. The van der Waals surface area contributed by atoms with Crippen LogP contribution in [0, 0.1) is 5.92 Å². The molecular weight excluding hydrogens is 491 g/mol. The fraction of sp³-hybridized carbons (Fsp3) is 0.731. The van der Waals surface area contributed by atoms with Crippen LogP contribution in [0.5, 0.6) is 11.5 Å². The van der Waals surface area contributed by atoms with Gasteiger partial charge >= 0.3 is 0 Å². The third-order valence-corrected chi connectivity index (χ3v) is 6.11. The summed E-state index contributed by atoms with van der Waals surface area (Å²) in [4.78, 5) is 14.6. The van der Waals surface area contributed by atoms with E-state index in [4.69, 9.17) is 18.9 Å². The molecule has 1 aromatic rings. The Morgan fingerprint density at radius 2 is 1.77 bits per heavy atom. The van der Waals surface area contributed by atoms with E-state index in [1.807, 2.05) is 13.0 Å². The van der Waals surface area contributed by atoms with Crippen LogP contribution in [0.1, 0.15) is 51.0 Å². The second-order valence-electron chi connectivity index (χ2n) is 8.78. The van der Waals surface area contributed by atoms with Crippen molar-refractivity contribution in [2.24, 2.45) is 5.92 Å². The molecule has 1 aromatic carbocycles. The van der Waals surface area contributed by atoms with Crippen LogP contribution in [0.2, 0.25) is 0 Å². The number of morpholine rings is 1. The first-order valence-electron chi connectivity index (χ1n) is 12.5. The van der Waals surface area contributed by atoms with Crippen molar-refractivity contribution < 1.29 is 23.7 Å². The molecule has 1 amide bonds. The molecule has 1 atom stereocenters. The van der Waals surface area contributed by atoms with E-state index < -0.39 is 0 Å². The summed E-state index contributed by atoms with van der Waals surface area (Å²) in [6.45, 7) is 8.50. The Bertz CT molecular complexity index is 675. The minimum atomic E-state index is 0. The molecule has 1 aliphatic heterocycles. The van der Waals surface area contributed by atoms with E-state index in [0.29, 0.717) is 13.2 Å². The van der Waals surface area contributed by atoms with Gasteiger partial charge in [-0.3, -0.25) is 9.69 Å². The molecule has 1 aliphatic rings. The molecule has 0 unspecified atom stereocenters. The number of unbranched alkanes of at least 4 members (excludes halogenated alkanes) is 3. The molecule has 0 aromatic heterocycles.